The summed E-state index contributed by atoms with van der Waals surface area (Å²) in [6.07, 6.45) is 0. The Morgan fingerprint density at radius 2 is 1.81 bits per heavy atom. The lowest BCUT2D eigenvalue weighted by molar-refractivity contribution is 0.415. The van der Waals surface area contributed by atoms with Crippen LogP contribution in [0.4, 0.5) is 0 Å². The molecule has 3 rings (SSSR count). The highest BCUT2D eigenvalue weighted by atomic mass is 16.5. The van der Waals surface area contributed by atoms with Crippen molar-refractivity contribution >= 4 is 10.9 Å². The Morgan fingerprint density at radius 3 is 2.48 bits per heavy atom. The number of aromatic nitrogens is 2. The first kappa shape index (κ1) is 13.2. The van der Waals surface area contributed by atoms with Gasteiger partial charge in [-0.1, -0.05) is 12.1 Å². The Labute approximate surface area is 121 Å². The van der Waals surface area contributed by atoms with Crippen LogP contribution in [0.25, 0.3) is 22.3 Å². The number of fused-ring (bicyclic) bond motifs is 1. The van der Waals surface area contributed by atoms with Crippen LogP contribution in [0, 0.1) is 0 Å². The first-order valence-corrected chi connectivity index (χ1v) is 6.58. The molecule has 0 radical (unpaired) electrons. The molecule has 5 heteroatoms. The number of hydrogen-bond donors (Lipinski definition) is 1. The van der Waals surface area contributed by atoms with Gasteiger partial charge in [0.25, 0.3) is 5.56 Å². The van der Waals surface area contributed by atoms with Crippen molar-refractivity contribution in [3.63, 3.8) is 0 Å². The molecule has 21 heavy (non-hydrogen) atoms. The predicted molar refractivity (Wildman–Crippen MR) is 83.3 cm³/mol. The van der Waals surface area contributed by atoms with E-state index in [1.165, 1.54) is 4.68 Å². The Bertz CT molecular complexity index is 838. The third kappa shape index (κ3) is 2.23. The fourth-order valence-corrected chi connectivity index (χ4v) is 2.27. The molecule has 0 spiro atoms. The summed E-state index contributed by atoms with van der Waals surface area (Å²) in [4.78, 5) is 17.1. The standard InChI is InChI=1S/C16H15N3O2/c1-17-19-15(11-7-9-12(21-2)10-8-11)18-14-6-4-3-5-13(14)16(19)20/h3-10,17H,1-2H3. The van der Waals surface area contributed by atoms with E-state index < -0.39 is 0 Å². The van der Waals surface area contributed by atoms with Gasteiger partial charge in [-0.05, 0) is 36.4 Å². The second-order valence-electron chi connectivity index (χ2n) is 4.55. The van der Waals surface area contributed by atoms with E-state index in [0.717, 1.165) is 11.3 Å². The molecule has 0 amide bonds. The molecule has 5 nitrogen and oxygen atoms in total. The minimum Gasteiger partial charge on any atom is -0.497 e. The van der Waals surface area contributed by atoms with Gasteiger partial charge in [-0.3, -0.25) is 4.79 Å². The summed E-state index contributed by atoms with van der Waals surface area (Å²) < 4.78 is 6.60. The molecule has 3 aromatic rings. The van der Waals surface area contributed by atoms with Gasteiger partial charge in [0, 0.05) is 12.6 Å². The highest BCUT2D eigenvalue weighted by Crippen LogP contribution is 2.21. The molecule has 0 saturated heterocycles. The lowest BCUT2D eigenvalue weighted by Gasteiger charge is -2.13. The first-order chi connectivity index (χ1) is 10.2. The molecular weight excluding hydrogens is 266 g/mol. The Hall–Kier alpha value is -2.82. The number of ether oxygens (including phenoxy) is 1. The molecule has 0 unspecified atom stereocenters. The van der Waals surface area contributed by atoms with Crippen LogP contribution in [0.3, 0.4) is 0 Å². The van der Waals surface area contributed by atoms with Gasteiger partial charge in [0.1, 0.15) is 5.75 Å². The molecule has 0 aliphatic rings. The monoisotopic (exact) mass is 281 g/mol. The second-order valence-corrected chi connectivity index (χ2v) is 4.55. The summed E-state index contributed by atoms with van der Waals surface area (Å²) in [7, 11) is 3.32. The average molecular weight is 281 g/mol. The van der Waals surface area contributed by atoms with Gasteiger partial charge in [-0.25, -0.2) is 9.66 Å². The van der Waals surface area contributed by atoms with Crippen molar-refractivity contribution in [2.24, 2.45) is 0 Å². The number of rotatable bonds is 3. The molecule has 0 aliphatic heterocycles. The SMILES string of the molecule is CNn1c(-c2ccc(OC)cc2)nc2ccccc2c1=O. The third-order valence-corrected chi connectivity index (χ3v) is 3.35. The predicted octanol–water partition coefficient (Wildman–Crippen LogP) is 2.25. The number of benzene rings is 2. The summed E-state index contributed by atoms with van der Waals surface area (Å²) in [5.41, 5.74) is 4.30. The summed E-state index contributed by atoms with van der Waals surface area (Å²) in [5, 5.41) is 0.587. The largest absolute Gasteiger partial charge is 0.497 e. The highest BCUT2D eigenvalue weighted by Gasteiger charge is 2.11. The zero-order chi connectivity index (χ0) is 14.8. The topological polar surface area (TPSA) is 56.1 Å². The van der Waals surface area contributed by atoms with Gasteiger partial charge in [0.2, 0.25) is 0 Å². The summed E-state index contributed by atoms with van der Waals surface area (Å²) in [5.74, 6) is 1.33. The lowest BCUT2D eigenvalue weighted by Crippen LogP contribution is -2.29. The average Bonchev–Trinajstić information content (AvgIpc) is 2.55. The van der Waals surface area contributed by atoms with E-state index in [4.69, 9.17) is 4.74 Å². The van der Waals surface area contributed by atoms with Crippen molar-refractivity contribution in [3.8, 4) is 17.1 Å². The molecule has 0 aliphatic carbocycles. The highest BCUT2D eigenvalue weighted by molar-refractivity contribution is 5.79. The van der Waals surface area contributed by atoms with Crippen LogP contribution in [-0.2, 0) is 0 Å². The summed E-state index contributed by atoms with van der Waals surface area (Å²) >= 11 is 0. The number of hydrogen-bond acceptors (Lipinski definition) is 4. The van der Waals surface area contributed by atoms with Crippen LogP contribution in [0.5, 0.6) is 5.75 Å². The first-order valence-electron chi connectivity index (χ1n) is 6.58. The molecular formula is C16H15N3O2. The van der Waals surface area contributed by atoms with E-state index in [1.807, 2.05) is 42.5 Å². The van der Waals surface area contributed by atoms with Crippen LogP contribution < -0.4 is 15.7 Å². The van der Waals surface area contributed by atoms with Crippen LogP contribution in [0.15, 0.2) is 53.3 Å². The van der Waals surface area contributed by atoms with Crippen LogP contribution in [0.2, 0.25) is 0 Å². The minimum atomic E-state index is -0.117. The number of para-hydroxylation sites is 1. The van der Waals surface area contributed by atoms with Gasteiger partial charge < -0.3 is 10.2 Å². The minimum absolute atomic E-state index is 0.117. The molecule has 0 bridgehead atoms. The van der Waals surface area contributed by atoms with E-state index in [9.17, 15) is 4.79 Å². The zero-order valence-corrected chi connectivity index (χ0v) is 11.8. The smallest absolute Gasteiger partial charge is 0.280 e. The van der Waals surface area contributed by atoms with E-state index in [-0.39, 0.29) is 5.56 Å². The molecule has 1 aromatic heterocycles. The maximum Gasteiger partial charge on any atom is 0.280 e. The van der Waals surface area contributed by atoms with Crippen LogP contribution >= 0.6 is 0 Å². The molecule has 0 saturated carbocycles. The normalized spacial score (nSPS) is 10.6. The number of nitrogens with one attached hydrogen (secondary N) is 1. The van der Waals surface area contributed by atoms with E-state index in [1.54, 1.807) is 20.2 Å². The van der Waals surface area contributed by atoms with E-state index >= 15 is 0 Å². The van der Waals surface area contributed by atoms with Crippen molar-refractivity contribution in [3.05, 3.63) is 58.9 Å². The molecule has 1 heterocycles. The van der Waals surface area contributed by atoms with Crippen molar-refractivity contribution in [1.29, 1.82) is 0 Å². The van der Waals surface area contributed by atoms with Gasteiger partial charge >= 0.3 is 0 Å². The van der Waals surface area contributed by atoms with Crippen molar-refractivity contribution < 1.29 is 4.74 Å². The maximum atomic E-state index is 12.5. The van der Waals surface area contributed by atoms with Gasteiger partial charge in [-0.2, -0.15) is 0 Å². The van der Waals surface area contributed by atoms with Gasteiger partial charge in [-0.15, -0.1) is 0 Å². The summed E-state index contributed by atoms with van der Waals surface area (Å²) in [6.45, 7) is 0. The van der Waals surface area contributed by atoms with E-state index in [0.29, 0.717) is 16.7 Å². The second kappa shape index (κ2) is 5.28. The zero-order valence-electron chi connectivity index (χ0n) is 11.8. The third-order valence-electron chi connectivity index (χ3n) is 3.35. The number of nitrogens with zero attached hydrogens (tertiary/aromatic N) is 2. The van der Waals surface area contributed by atoms with Crippen LogP contribution in [0.1, 0.15) is 0 Å². The van der Waals surface area contributed by atoms with E-state index in [2.05, 4.69) is 10.4 Å². The Balaban J connectivity index is 2.27. The molecule has 2 aromatic carbocycles. The number of methoxy groups -OCH3 is 1. The lowest BCUT2D eigenvalue weighted by atomic mass is 10.2. The van der Waals surface area contributed by atoms with Crippen LogP contribution in [-0.4, -0.2) is 23.8 Å². The maximum absolute atomic E-state index is 12.5. The quantitative estimate of drug-likeness (QED) is 0.800. The molecule has 0 fully saturated rings. The summed E-state index contributed by atoms with van der Waals surface area (Å²) in [6, 6.07) is 14.8. The Kier molecular flexibility index (Phi) is 3.31. The van der Waals surface area contributed by atoms with Gasteiger partial charge in [0.15, 0.2) is 5.82 Å². The fourth-order valence-electron chi connectivity index (χ4n) is 2.27. The van der Waals surface area contributed by atoms with Crippen molar-refractivity contribution in [2.45, 2.75) is 0 Å². The fraction of sp³-hybridized carbons (Fsp3) is 0.125. The molecule has 1 N–H and O–H groups in total. The van der Waals surface area contributed by atoms with Gasteiger partial charge in [0.05, 0.1) is 18.0 Å². The van der Waals surface area contributed by atoms with Crippen molar-refractivity contribution in [1.82, 2.24) is 9.66 Å². The molecule has 0 atom stereocenters. The molecule has 106 valence electrons. The Morgan fingerprint density at radius 1 is 1.10 bits per heavy atom. The van der Waals surface area contributed by atoms with Crippen molar-refractivity contribution in [2.75, 3.05) is 19.6 Å².